The van der Waals surface area contributed by atoms with Gasteiger partial charge >= 0.3 is 0 Å². The highest BCUT2D eigenvalue weighted by atomic mass is 127. The smallest absolute Gasteiger partial charge is 0.0895 e. The van der Waals surface area contributed by atoms with Gasteiger partial charge in [-0.1, -0.05) is 6.92 Å². The number of rotatable bonds is 5. The third-order valence-corrected chi connectivity index (χ3v) is 2.69. The van der Waals surface area contributed by atoms with E-state index in [2.05, 4.69) is 41.5 Å². The summed E-state index contributed by atoms with van der Waals surface area (Å²) in [5.41, 5.74) is 1.19. The Kier molecular flexibility index (Phi) is 4.72. The molecular weight excluding hydrogens is 279 g/mol. The van der Waals surface area contributed by atoms with Crippen LogP contribution in [0.3, 0.4) is 0 Å². The zero-order valence-electron chi connectivity index (χ0n) is 8.09. The van der Waals surface area contributed by atoms with E-state index in [9.17, 15) is 0 Å². The van der Waals surface area contributed by atoms with Crippen molar-refractivity contribution >= 4 is 22.6 Å². The van der Waals surface area contributed by atoms with Crippen LogP contribution in [0.25, 0.3) is 0 Å². The van der Waals surface area contributed by atoms with Crippen LogP contribution in [0.2, 0.25) is 0 Å². The maximum absolute atomic E-state index is 5.48. The highest BCUT2D eigenvalue weighted by Gasteiger charge is 2.06. The Morgan fingerprint density at radius 3 is 2.92 bits per heavy atom. The highest BCUT2D eigenvalue weighted by molar-refractivity contribution is 14.1. The SMILES string of the molecule is CCCOCc1c(I)cnn1CC. The Labute approximate surface area is 92.6 Å². The maximum Gasteiger partial charge on any atom is 0.0895 e. The van der Waals surface area contributed by atoms with E-state index in [4.69, 9.17) is 4.74 Å². The van der Waals surface area contributed by atoms with Crippen LogP contribution in [0.15, 0.2) is 6.20 Å². The first-order valence-corrected chi connectivity index (χ1v) is 5.65. The topological polar surface area (TPSA) is 27.1 Å². The standard InChI is InChI=1S/C9H15IN2O/c1-3-5-13-7-9-8(10)6-11-12(9)4-2/h6H,3-5,7H2,1-2H3. The largest absolute Gasteiger partial charge is 0.375 e. The van der Waals surface area contributed by atoms with Gasteiger partial charge in [0.1, 0.15) is 0 Å². The van der Waals surface area contributed by atoms with Crippen LogP contribution in [-0.2, 0) is 17.9 Å². The molecule has 1 aromatic rings. The Balaban J connectivity index is 2.57. The van der Waals surface area contributed by atoms with E-state index in [0.717, 1.165) is 19.6 Å². The zero-order chi connectivity index (χ0) is 9.68. The summed E-state index contributed by atoms with van der Waals surface area (Å²) < 4.78 is 8.66. The summed E-state index contributed by atoms with van der Waals surface area (Å²) >= 11 is 2.29. The van der Waals surface area contributed by atoms with Crippen LogP contribution in [0.1, 0.15) is 26.0 Å². The molecule has 3 nitrogen and oxygen atoms in total. The van der Waals surface area contributed by atoms with E-state index in [1.807, 2.05) is 10.9 Å². The monoisotopic (exact) mass is 294 g/mol. The van der Waals surface area contributed by atoms with Crippen LogP contribution in [0.4, 0.5) is 0 Å². The van der Waals surface area contributed by atoms with Crippen LogP contribution < -0.4 is 0 Å². The Morgan fingerprint density at radius 2 is 2.31 bits per heavy atom. The molecule has 1 heterocycles. The van der Waals surface area contributed by atoms with Crippen LogP contribution in [-0.4, -0.2) is 16.4 Å². The minimum atomic E-state index is 0.681. The summed E-state index contributed by atoms with van der Waals surface area (Å²) in [6, 6.07) is 0. The van der Waals surface area contributed by atoms with Crippen molar-refractivity contribution in [2.24, 2.45) is 0 Å². The molecule has 0 atom stereocenters. The molecule has 0 saturated carbocycles. The van der Waals surface area contributed by atoms with Crippen molar-refractivity contribution < 1.29 is 4.74 Å². The molecule has 4 heteroatoms. The molecule has 0 spiro atoms. The third-order valence-electron chi connectivity index (χ3n) is 1.78. The molecule has 0 aliphatic carbocycles. The van der Waals surface area contributed by atoms with Crippen molar-refractivity contribution in [2.45, 2.75) is 33.4 Å². The van der Waals surface area contributed by atoms with E-state index >= 15 is 0 Å². The Bertz CT molecular complexity index is 260. The average Bonchev–Trinajstić information content (AvgIpc) is 2.48. The highest BCUT2D eigenvalue weighted by Crippen LogP contribution is 2.12. The lowest BCUT2D eigenvalue weighted by Crippen LogP contribution is -2.05. The van der Waals surface area contributed by atoms with Gasteiger partial charge in [0.2, 0.25) is 0 Å². The molecule has 0 aliphatic heterocycles. The van der Waals surface area contributed by atoms with E-state index < -0.39 is 0 Å². The first-order valence-electron chi connectivity index (χ1n) is 4.57. The van der Waals surface area contributed by atoms with E-state index in [1.165, 1.54) is 9.26 Å². The lowest BCUT2D eigenvalue weighted by molar-refractivity contribution is 0.115. The minimum absolute atomic E-state index is 0.681. The molecule has 13 heavy (non-hydrogen) atoms. The number of aryl methyl sites for hydroxylation is 1. The number of ether oxygens (including phenoxy) is 1. The van der Waals surface area contributed by atoms with Crippen LogP contribution >= 0.6 is 22.6 Å². The second-order valence-electron chi connectivity index (χ2n) is 2.81. The van der Waals surface area contributed by atoms with Gasteiger partial charge in [0.15, 0.2) is 0 Å². The summed E-state index contributed by atoms with van der Waals surface area (Å²) in [5.74, 6) is 0. The predicted molar refractivity (Wildman–Crippen MR) is 60.6 cm³/mol. The van der Waals surface area contributed by atoms with Gasteiger partial charge in [0.05, 0.1) is 22.1 Å². The average molecular weight is 294 g/mol. The number of aromatic nitrogens is 2. The predicted octanol–water partition coefficient (Wildman–Crippen LogP) is 2.43. The van der Waals surface area contributed by atoms with Crippen molar-refractivity contribution in [3.8, 4) is 0 Å². The molecule has 0 fully saturated rings. The van der Waals surface area contributed by atoms with Crippen molar-refractivity contribution in [1.29, 1.82) is 0 Å². The molecule has 0 saturated heterocycles. The van der Waals surface area contributed by atoms with Crippen molar-refractivity contribution in [1.82, 2.24) is 9.78 Å². The second kappa shape index (κ2) is 5.59. The fraction of sp³-hybridized carbons (Fsp3) is 0.667. The van der Waals surface area contributed by atoms with Crippen molar-refractivity contribution in [3.63, 3.8) is 0 Å². The summed E-state index contributed by atoms with van der Waals surface area (Å²) in [6.45, 7) is 6.62. The van der Waals surface area contributed by atoms with Crippen molar-refractivity contribution in [2.75, 3.05) is 6.61 Å². The molecule has 0 N–H and O–H groups in total. The Morgan fingerprint density at radius 1 is 1.54 bits per heavy atom. The lowest BCUT2D eigenvalue weighted by atomic mass is 10.4. The van der Waals surface area contributed by atoms with Crippen LogP contribution in [0, 0.1) is 3.57 Å². The minimum Gasteiger partial charge on any atom is -0.375 e. The Hall–Kier alpha value is -0.100. The molecule has 0 amide bonds. The number of nitrogens with zero attached hydrogens (tertiary/aromatic N) is 2. The van der Waals surface area contributed by atoms with Crippen LogP contribution in [0.5, 0.6) is 0 Å². The zero-order valence-corrected chi connectivity index (χ0v) is 10.2. The van der Waals surface area contributed by atoms with E-state index in [0.29, 0.717) is 6.61 Å². The van der Waals surface area contributed by atoms with Gasteiger partial charge in [-0.15, -0.1) is 0 Å². The summed E-state index contributed by atoms with van der Waals surface area (Å²) in [5, 5.41) is 4.24. The van der Waals surface area contributed by atoms with Gasteiger partial charge in [-0.3, -0.25) is 4.68 Å². The number of hydrogen-bond donors (Lipinski definition) is 0. The number of hydrogen-bond acceptors (Lipinski definition) is 2. The normalized spacial score (nSPS) is 10.7. The molecule has 1 rings (SSSR count). The van der Waals surface area contributed by atoms with Crippen molar-refractivity contribution in [3.05, 3.63) is 15.5 Å². The second-order valence-corrected chi connectivity index (χ2v) is 3.97. The molecule has 1 aromatic heterocycles. The van der Waals surface area contributed by atoms with Gasteiger partial charge in [-0.05, 0) is 35.9 Å². The maximum atomic E-state index is 5.48. The lowest BCUT2D eigenvalue weighted by Gasteiger charge is -2.05. The molecule has 0 aromatic carbocycles. The molecular formula is C9H15IN2O. The first-order chi connectivity index (χ1) is 6.29. The number of halogens is 1. The van der Waals surface area contributed by atoms with E-state index in [1.54, 1.807) is 0 Å². The molecule has 0 bridgehead atoms. The van der Waals surface area contributed by atoms with Gasteiger partial charge in [-0.25, -0.2) is 0 Å². The molecule has 0 radical (unpaired) electrons. The third kappa shape index (κ3) is 2.95. The summed E-state index contributed by atoms with van der Waals surface area (Å²) in [7, 11) is 0. The van der Waals surface area contributed by atoms with Gasteiger partial charge < -0.3 is 4.74 Å². The fourth-order valence-electron chi connectivity index (χ4n) is 1.12. The first kappa shape index (κ1) is 11.0. The quantitative estimate of drug-likeness (QED) is 0.616. The van der Waals surface area contributed by atoms with E-state index in [-0.39, 0.29) is 0 Å². The van der Waals surface area contributed by atoms with Gasteiger partial charge in [-0.2, -0.15) is 5.10 Å². The molecule has 0 unspecified atom stereocenters. The fourth-order valence-corrected chi connectivity index (χ4v) is 1.68. The molecule has 0 aliphatic rings. The van der Waals surface area contributed by atoms with Gasteiger partial charge in [0, 0.05) is 13.2 Å². The summed E-state index contributed by atoms with van der Waals surface area (Å²) in [4.78, 5) is 0. The van der Waals surface area contributed by atoms with Gasteiger partial charge in [0.25, 0.3) is 0 Å². The summed E-state index contributed by atoms with van der Waals surface area (Å²) in [6.07, 6.45) is 2.95. The molecule has 74 valence electrons.